The van der Waals surface area contributed by atoms with E-state index in [1.54, 1.807) is 6.08 Å². The van der Waals surface area contributed by atoms with Crippen LogP contribution in [-0.2, 0) is 4.74 Å². The van der Waals surface area contributed by atoms with Gasteiger partial charge in [-0.05, 0) is 17.0 Å². The summed E-state index contributed by atoms with van der Waals surface area (Å²) in [5.41, 5.74) is 6.17. The molecule has 0 fully saturated rings. The number of rotatable bonds is 3. The van der Waals surface area contributed by atoms with Crippen LogP contribution >= 0.6 is 11.3 Å². The van der Waals surface area contributed by atoms with Crippen LogP contribution in [0.2, 0.25) is 0 Å². The van der Waals surface area contributed by atoms with Crippen molar-refractivity contribution in [3.63, 3.8) is 0 Å². The van der Waals surface area contributed by atoms with Crippen LogP contribution in [0.4, 0.5) is 0 Å². The molecule has 1 aromatic rings. The first-order chi connectivity index (χ1) is 6.29. The maximum absolute atomic E-state index is 11.2. The second kappa shape index (κ2) is 4.79. The molecule has 0 aromatic carbocycles. The molecule has 13 heavy (non-hydrogen) atoms. The molecule has 0 spiro atoms. The maximum atomic E-state index is 11.2. The third kappa shape index (κ3) is 2.40. The van der Waals surface area contributed by atoms with Crippen LogP contribution in [0.5, 0.6) is 0 Å². The Morgan fingerprint density at radius 3 is 3.15 bits per heavy atom. The van der Waals surface area contributed by atoms with E-state index in [2.05, 4.69) is 4.74 Å². The number of thiophene rings is 1. The van der Waals surface area contributed by atoms with Gasteiger partial charge in [-0.15, -0.1) is 11.3 Å². The van der Waals surface area contributed by atoms with Crippen molar-refractivity contribution in [2.75, 3.05) is 13.7 Å². The van der Waals surface area contributed by atoms with E-state index in [1.807, 2.05) is 17.5 Å². The van der Waals surface area contributed by atoms with Crippen LogP contribution in [0, 0.1) is 0 Å². The summed E-state index contributed by atoms with van der Waals surface area (Å²) in [4.78, 5) is 11.8. The first-order valence-electron chi connectivity index (χ1n) is 3.82. The molecule has 0 atom stereocenters. The van der Waals surface area contributed by atoms with Crippen LogP contribution in [0.1, 0.15) is 15.2 Å². The van der Waals surface area contributed by atoms with Crippen molar-refractivity contribution in [1.29, 1.82) is 0 Å². The maximum Gasteiger partial charge on any atom is 0.348 e. The highest BCUT2D eigenvalue weighted by Crippen LogP contribution is 2.18. The average molecular weight is 197 g/mol. The largest absolute Gasteiger partial charge is 0.465 e. The second-order valence-electron chi connectivity index (χ2n) is 2.33. The van der Waals surface area contributed by atoms with Crippen molar-refractivity contribution in [3.05, 3.63) is 28.0 Å². The lowest BCUT2D eigenvalue weighted by atomic mass is 10.2. The van der Waals surface area contributed by atoms with E-state index in [0.29, 0.717) is 11.4 Å². The molecule has 0 radical (unpaired) electrons. The van der Waals surface area contributed by atoms with Crippen LogP contribution < -0.4 is 5.73 Å². The standard InChI is InChI=1S/C9H11NO2S/c1-12-9(11)8-7(3-2-5-10)4-6-13-8/h2-4,6H,5,10H2,1H3. The first kappa shape index (κ1) is 9.95. The van der Waals surface area contributed by atoms with Gasteiger partial charge in [0.2, 0.25) is 0 Å². The number of esters is 1. The van der Waals surface area contributed by atoms with Gasteiger partial charge in [-0.3, -0.25) is 0 Å². The molecular weight excluding hydrogens is 186 g/mol. The van der Waals surface area contributed by atoms with Gasteiger partial charge in [0.25, 0.3) is 0 Å². The molecule has 1 aromatic heterocycles. The highest BCUT2D eigenvalue weighted by molar-refractivity contribution is 7.12. The molecular formula is C9H11NO2S. The molecule has 70 valence electrons. The molecule has 0 saturated heterocycles. The molecule has 1 heterocycles. The number of hydrogen-bond acceptors (Lipinski definition) is 4. The highest BCUT2D eigenvalue weighted by Gasteiger charge is 2.10. The lowest BCUT2D eigenvalue weighted by Gasteiger charge is -1.96. The number of hydrogen-bond donors (Lipinski definition) is 1. The van der Waals surface area contributed by atoms with Crippen molar-refractivity contribution in [1.82, 2.24) is 0 Å². The SMILES string of the molecule is COC(=O)c1sccc1C=CCN. The van der Waals surface area contributed by atoms with E-state index in [9.17, 15) is 4.79 Å². The molecule has 0 aliphatic carbocycles. The van der Waals surface area contributed by atoms with Gasteiger partial charge in [0.1, 0.15) is 4.88 Å². The summed E-state index contributed by atoms with van der Waals surface area (Å²) in [7, 11) is 1.37. The monoisotopic (exact) mass is 197 g/mol. The topological polar surface area (TPSA) is 52.3 Å². The van der Waals surface area contributed by atoms with Crippen LogP contribution in [0.25, 0.3) is 6.08 Å². The average Bonchev–Trinajstić information content (AvgIpc) is 2.61. The molecule has 0 aliphatic heterocycles. The van der Waals surface area contributed by atoms with E-state index in [1.165, 1.54) is 18.4 Å². The zero-order chi connectivity index (χ0) is 9.68. The Balaban J connectivity index is 2.89. The minimum absolute atomic E-state index is 0.299. The summed E-state index contributed by atoms with van der Waals surface area (Å²) in [6.07, 6.45) is 3.62. The predicted octanol–water partition coefficient (Wildman–Crippen LogP) is 1.51. The predicted molar refractivity (Wildman–Crippen MR) is 53.7 cm³/mol. The Morgan fingerprint density at radius 2 is 2.54 bits per heavy atom. The van der Waals surface area contributed by atoms with Gasteiger partial charge in [-0.2, -0.15) is 0 Å². The van der Waals surface area contributed by atoms with Gasteiger partial charge < -0.3 is 10.5 Å². The molecule has 0 saturated carbocycles. The Labute approximate surface area is 80.8 Å². The van der Waals surface area contributed by atoms with Crippen molar-refractivity contribution in [2.45, 2.75) is 0 Å². The van der Waals surface area contributed by atoms with Crippen molar-refractivity contribution < 1.29 is 9.53 Å². The smallest absolute Gasteiger partial charge is 0.348 e. The molecule has 4 heteroatoms. The summed E-state index contributed by atoms with van der Waals surface area (Å²) in [6, 6.07) is 1.86. The number of ether oxygens (including phenoxy) is 1. The Bertz CT molecular complexity index is 317. The van der Waals surface area contributed by atoms with Gasteiger partial charge in [0.15, 0.2) is 0 Å². The van der Waals surface area contributed by atoms with Crippen LogP contribution in [0.3, 0.4) is 0 Å². The number of nitrogens with two attached hydrogens (primary N) is 1. The zero-order valence-electron chi connectivity index (χ0n) is 7.32. The summed E-state index contributed by atoms with van der Waals surface area (Å²) < 4.78 is 4.62. The highest BCUT2D eigenvalue weighted by atomic mass is 32.1. The summed E-state index contributed by atoms with van der Waals surface area (Å²) >= 11 is 1.37. The lowest BCUT2D eigenvalue weighted by molar-refractivity contribution is 0.0606. The molecule has 2 N–H and O–H groups in total. The Hall–Kier alpha value is -1.13. The fraction of sp³-hybridized carbons (Fsp3) is 0.222. The number of carbonyl (C=O) groups is 1. The minimum atomic E-state index is -0.299. The van der Waals surface area contributed by atoms with Gasteiger partial charge in [-0.1, -0.05) is 12.2 Å². The van der Waals surface area contributed by atoms with Crippen molar-refractivity contribution in [2.24, 2.45) is 5.73 Å². The van der Waals surface area contributed by atoms with Crippen LogP contribution in [0.15, 0.2) is 17.5 Å². The first-order valence-corrected chi connectivity index (χ1v) is 4.70. The van der Waals surface area contributed by atoms with E-state index >= 15 is 0 Å². The Morgan fingerprint density at radius 1 is 1.77 bits per heavy atom. The molecule has 3 nitrogen and oxygen atoms in total. The second-order valence-corrected chi connectivity index (χ2v) is 3.25. The normalized spacial score (nSPS) is 10.6. The quantitative estimate of drug-likeness (QED) is 0.747. The van der Waals surface area contributed by atoms with Gasteiger partial charge in [0, 0.05) is 6.54 Å². The van der Waals surface area contributed by atoms with Gasteiger partial charge in [0.05, 0.1) is 7.11 Å². The lowest BCUT2D eigenvalue weighted by Crippen LogP contribution is -2.00. The van der Waals surface area contributed by atoms with Gasteiger partial charge >= 0.3 is 5.97 Å². The molecule has 0 aliphatic rings. The summed E-state index contributed by atoms with van der Waals surface area (Å²) in [5.74, 6) is -0.299. The fourth-order valence-corrected chi connectivity index (χ4v) is 1.71. The molecule has 0 amide bonds. The third-order valence-corrected chi connectivity index (χ3v) is 2.41. The Kier molecular flexibility index (Phi) is 3.67. The van der Waals surface area contributed by atoms with Gasteiger partial charge in [-0.25, -0.2) is 4.79 Å². The minimum Gasteiger partial charge on any atom is -0.465 e. The fourth-order valence-electron chi connectivity index (χ4n) is 0.904. The summed E-state index contributed by atoms with van der Waals surface area (Å²) in [6.45, 7) is 0.469. The van der Waals surface area contributed by atoms with Crippen molar-refractivity contribution in [3.8, 4) is 0 Å². The molecule has 0 bridgehead atoms. The van der Waals surface area contributed by atoms with E-state index < -0.39 is 0 Å². The molecule has 0 unspecified atom stereocenters. The zero-order valence-corrected chi connectivity index (χ0v) is 8.14. The van der Waals surface area contributed by atoms with Crippen LogP contribution in [-0.4, -0.2) is 19.6 Å². The van der Waals surface area contributed by atoms with Crippen molar-refractivity contribution >= 4 is 23.4 Å². The molecule has 1 rings (SSSR count). The number of carbonyl (C=O) groups excluding carboxylic acids is 1. The number of methoxy groups -OCH3 is 1. The van der Waals surface area contributed by atoms with E-state index in [0.717, 1.165) is 5.56 Å². The summed E-state index contributed by atoms with van der Waals surface area (Å²) in [5, 5.41) is 1.85. The third-order valence-electron chi connectivity index (χ3n) is 1.50. The van der Waals surface area contributed by atoms with E-state index in [-0.39, 0.29) is 5.97 Å². The van der Waals surface area contributed by atoms with E-state index in [4.69, 9.17) is 5.73 Å².